The minimum absolute atomic E-state index is 0.233. The van der Waals surface area contributed by atoms with Crippen LogP contribution in [0.3, 0.4) is 0 Å². The van der Waals surface area contributed by atoms with Crippen molar-refractivity contribution in [3.63, 3.8) is 0 Å². The van der Waals surface area contributed by atoms with Crippen LogP contribution in [-0.2, 0) is 0 Å². The lowest BCUT2D eigenvalue weighted by Gasteiger charge is -2.12. The molecule has 3 N–H and O–H groups in total. The van der Waals surface area contributed by atoms with Crippen molar-refractivity contribution in [2.75, 3.05) is 37.0 Å². The molecule has 0 saturated carbocycles. The number of aromatic nitrogens is 3. The third kappa shape index (κ3) is 2.46. The van der Waals surface area contributed by atoms with Gasteiger partial charge in [0.05, 0.1) is 0 Å². The van der Waals surface area contributed by atoms with Crippen LogP contribution in [0.15, 0.2) is 24.3 Å². The van der Waals surface area contributed by atoms with Crippen molar-refractivity contribution in [3.05, 3.63) is 24.3 Å². The molecule has 1 aliphatic rings. The highest BCUT2D eigenvalue weighted by atomic mass is 15.4. The number of nitrogens with two attached hydrogens (primary N) is 1. The van der Waals surface area contributed by atoms with Crippen molar-refractivity contribution in [3.8, 4) is 11.4 Å². The minimum Gasteiger partial charge on any atom is -0.378 e. The zero-order chi connectivity index (χ0) is 14.1. The average molecular weight is 272 g/mol. The number of hydrogen-bond donors (Lipinski definition) is 2. The number of nitrogens with one attached hydrogen (secondary N) is 1. The van der Waals surface area contributed by atoms with E-state index in [0.29, 0.717) is 0 Å². The van der Waals surface area contributed by atoms with Crippen LogP contribution in [0.25, 0.3) is 11.4 Å². The van der Waals surface area contributed by atoms with E-state index in [-0.39, 0.29) is 6.04 Å². The lowest BCUT2D eigenvalue weighted by Crippen LogP contribution is -2.26. The van der Waals surface area contributed by atoms with Crippen molar-refractivity contribution < 1.29 is 0 Å². The van der Waals surface area contributed by atoms with Gasteiger partial charge in [-0.2, -0.15) is 4.98 Å². The molecule has 1 aromatic carbocycles. The van der Waals surface area contributed by atoms with E-state index < -0.39 is 0 Å². The smallest absolute Gasteiger partial charge is 0.245 e. The maximum Gasteiger partial charge on any atom is 0.245 e. The highest BCUT2D eigenvalue weighted by Gasteiger charge is 2.22. The maximum absolute atomic E-state index is 5.91. The fourth-order valence-electron chi connectivity index (χ4n) is 2.41. The van der Waals surface area contributed by atoms with E-state index in [1.165, 1.54) is 5.69 Å². The standard InChI is InChI=1S/C14H20N6/c1-19(2)12-5-3-10(4-6-12)13-16-14(18-17-13)20-8-7-11(15)9-20/h3-6,11H,7-9,15H2,1-2H3,(H,16,17,18). The van der Waals surface area contributed by atoms with Crippen LogP contribution in [0.2, 0.25) is 0 Å². The SMILES string of the molecule is CN(C)c1ccc(-c2nc(N3CCC(N)C3)n[nH]2)cc1. The van der Waals surface area contributed by atoms with Crippen LogP contribution in [0, 0.1) is 0 Å². The van der Waals surface area contributed by atoms with Crippen molar-refractivity contribution >= 4 is 11.6 Å². The summed E-state index contributed by atoms with van der Waals surface area (Å²) >= 11 is 0. The van der Waals surface area contributed by atoms with Gasteiger partial charge in [-0.1, -0.05) is 0 Å². The summed E-state index contributed by atoms with van der Waals surface area (Å²) in [6.07, 6.45) is 1.00. The zero-order valence-corrected chi connectivity index (χ0v) is 11.9. The molecular formula is C14H20N6. The predicted octanol–water partition coefficient (Wildman–Crippen LogP) is 1.08. The summed E-state index contributed by atoms with van der Waals surface area (Å²) in [7, 11) is 4.05. The molecule has 0 spiro atoms. The number of hydrogen-bond acceptors (Lipinski definition) is 5. The largest absolute Gasteiger partial charge is 0.378 e. The van der Waals surface area contributed by atoms with Gasteiger partial charge in [0.2, 0.25) is 5.95 Å². The van der Waals surface area contributed by atoms with Crippen LogP contribution in [0.5, 0.6) is 0 Å². The Morgan fingerprint density at radius 1 is 1.30 bits per heavy atom. The molecule has 2 heterocycles. The fraction of sp³-hybridized carbons (Fsp3) is 0.429. The fourth-order valence-corrected chi connectivity index (χ4v) is 2.41. The Bertz CT molecular complexity index is 574. The molecule has 1 aliphatic heterocycles. The Morgan fingerprint density at radius 3 is 2.65 bits per heavy atom. The Morgan fingerprint density at radius 2 is 2.05 bits per heavy atom. The molecular weight excluding hydrogens is 252 g/mol. The summed E-state index contributed by atoms with van der Waals surface area (Å²) in [5, 5.41) is 7.30. The van der Waals surface area contributed by atoms with Crippen LogP contribution >= 0.6 is 0 Å². The molecule has 0 bridgehead atoms. The first-order valence-electron chi connectivity index (χ1n) is 6.84. The van der Waals surface area contributed by atoms with Crippen LogP contribution in [0.1, 0.15) is 6.42 Å². The summed E-state index contributed by atoms with van der Waals surface area (Å²) < 4.78 is 0. The second-order valence-corrected chi connectivity index (χ2v) is 5.42. The van der Waals surface area contributed by atoms with E-state index in [2.05, 4.69) is 49.2 Å². The van der Waals surface area contributed by atoms with Crippen LogP contribution < -0.4 is 15.5 Å². The third-order valence-electron chi connectivity index (χ3n) is 3.64. The second-order valence-electron chi connectivity index (χ2n) is 5.42. The molecule has 1 atom stereocenters. The van der Waals surface area contributed by atoms with Gasteiger partial charge in [-0.25, -0.2) is 0 Å². The number of aromatic amines is 1. The van der Waals surface area contributed by atoms with Gasteiger partial charge in [-0.3, -0.25) is 5.10 Å². The summed E-state index contributed by atoms with van der Waals surface area (Å²) in [6.45, 7) is 1.76. The normalized spacial score (nSPS) is 18.6. The van der Waals surface area contributed by atoms with Crippen LogP contribution in [-0.4, -0.2) is 48.4 Å². The Balaban J connectivity index is 1.79. The third-order valence-corrected chi connectivity index (χ3v) is 3.64. The molecule has 6 nitrogen and oxygen atoms in total. The second kappa shape index (κ2) is 5.13. The average Bonchev–Trinajstić information content (AvgIpc) is 3.07. The summed E-state index contributed by atoms with van der Waals surface area (Å²) in [5.41, 5.74) is 8.12. The highest BCUT2D eigenvalue weighted by molar-refractivity contribution is 5.61. The number of rotatable bonds is 3. The highest BCUT2D eigenvalue weighted by Crippen LogP contribution is 2.22. The molecule has 1 unspecified atom stereocenters. The molecule has 3 rings (SSSR count). The summed E-state index contributed by atoms with van der Waals surface area (Å²) in [6, 6.07) is 8.48. The lowest BCUT2D eigenvalue weighted by atomic mass is 10.2. The number of nitrogens with zero attached hydrogens (tertiary/aromatic N) is 4. The van der Waals surface area contributed by atoms with Crippen LogP contribution in [0.4, 0.5) is 11.6 Å². The molecule has 0 radical (unpaired) electrons. The van der Waals surface area contributed by atoms with E-state index in [4.69, 9.17) is 5.73 Å². The van der Waals surface area contributed by atoms with Gasteiger partial charge in [-0.05, 0) is 30.7 Å². The van der Waals surface area contributed by atoms with E-state index in [1.54, 1.807) is 0 Å². The molecule has 6 heteroatoms. The van der Waals surface area contributed by atoms with Crippen molar-refractivity contribution in [1.82, 2.24) is 15.2 Å². The number of benzene rings is 1. The number of anilines is 2. The first kappa shape index (κ1) is 12.9. The minimum atomic E-state index is 0.233. The Labute approximate surface area is 118 Å². The van der Waals surface area contributed by atoms with E-state index in [9.17, 15) is 0 Å². The zero-order valence-electron chi connectivity index (χ0n) is 11.9. The van der Waals surface area contributed by atoms with Gasteiger partial charge in [0.25, 0.3) is 0 Å². The van der Waals surface area contributed by atoms with Crippen molar-refractivity contribution in [2.45, 2.75) is 12.5 Å². The topological polar surface area (TPSA) is 74.1 Å². The quantitative estimate of drug-likeness (QED) is 0.874. The molecule has 2 aromatic rings. The first-order valence-corrected chi connectivity index (χ1v) is 6.84. The van der Waals surface area contributed by atoms with Gasteiger partial charge >= 0.3 is 0 Å². The van der Waals surface area contributed by atoms with Crippen molar-refractivity contribution in [2.24, 2.45) is 5.73 Å². The van der Waals surface area contributed by atoms with E-state index in [0.717, 1.165) is 36.8 Å². The van der Waals surface area contributed by atoms with Gasteiger partial charge < -0.3 is 15.5 Å². The van der Waals surface area contributed by atoms with Gasteiger partial charge in [-0.15, -0.1) is 5.10 Å². The lowest BCUT2D eigenvalue weighted by molar-refractivity contribution is 0.750. The number of H-pyrrole nitrogens is 1. The summed E-state index contributed by atoms with van der Waals surface area (Å²) in [5.74, 6) is 1.54. The first-order chi connectivity index (χ1) is 9.63. The maximum atomic E-state index is 5.91. The molecule has 1 fully saturated rings. The van der Waals surface area contributed by atoms with Gasteiger partial charge in [0.1, 0.15) is 0 Å². The molecule has 0 amide bonds. The monoisotopic (exact) mass is 272 g/mol. The predicted molar refractivity (Wildman–Crippen MR) is 81.0 cm³/mol. The Kier molecular flexibility index (Phi) is 3.31. The van der Waals surface area contributed by atoms with E-state index in [1.807, 2.05) is 14.1 Å². The van der Waals surface area contributed by atoms with E-state index >= 15 is 0 Å². The van der Waals surface area contributed by atoms with Gasteiger partial charge in [0.15, 0.2) is 5.82 Å². The molecule has 20 heavy (non-hydrogen) atoms. The van der Waals surface area contributed by atoms with Crippen molar-refractivity contribution in [1.29, 1.82) is 0 Å². The summed E-state index contributed by atoms with van der Waals surface area (Å²) in [4.78, 5) is 8.76. The molecule has 0 aliphatic carbocycles. The molecule has 1 aromatic heterocycles. The molecule has 106 valence electrons. The molecule has 1 saturated heterocycles. The Hall–Kier alpha value is -2.08. The van der Waals surface area contributed by atoms with Gasteiger partial charge in [0, 0.05) is 44.5 Å².